The molecular weight excluding hydrogens is 623 g/mol. The van der Waals surface area contributed by atoms with Gasteiger partial charge in [-0.3, -0.25) is 14.4 Å². The van der Waals surface area contributed by atoms with Crippen molar-refractivity contribution in [3.63, 3.8) is 0 Å². The quantitative estimate of drug-likeness (QED) is 0.138. The lowest BCUT2D eigenvalue weighted by atomic mass is 9.90. The minimum Gasteiger partial charge on any atom is -0.480 e. The molecule has 10 heteroatoms. The van der Waals surface area contributed by atoms with Gasteiger partial charge in [-0.1, -0.05) is 126 Å². The first-order chi connectivity index (χ1) is 22.7. The van der Waals surface area contributed by atoms with Gasteiger partial charge in [-0.05, 0) is 58.5 Å². The average Bonchev–Trinajstić information content (AvgIpc) is 3.05. The van der Waals surface area contributed by atoms with Gasteiger partial charge in [0.15, 0.2) is 0 Å². The van der Waals surface area contributed by atoms with Crippen LogP contribution in [0.15, 0.2) is 91.0 Å². The molecule has 0 saturated carbocycles. The summed E-state index contributed by atoms with van der Waals surface area (Å²) in [5.74, 6) is -3.28. The van der Waals surface area contributed by atoms with Crippen molar-refractivity contribution in [1.29, 1.82) is 0 Å². The van der Waals surface area contributed by atoms with Crippen LogP contribution in [0.4, 0.5) is 0 Å². The number of benzene rings is 3. The van der Waals surface area contributed by atoms with Gasteiger partial charge in [-0.25, -0.2) is 4.79 Å². The molecule has 3 aromatic rings. The Hall–Kier alpha value is -4.28. The number of rotatable bonds is 17. The van der Waals surface area contributed by atoms with Gasteiger partial charge in [0, 0.05) is 6.92 Å². The second kappa shape index (κ2) is 17.2. The number of nitrogens with one attached hydrogen (secondary N) is 3. The van der Waals surface area contributed by atoms with Crippen LogP contribution in [0.3, 0.4) is 0 Å². The minimum atomic E-state index is -3.43. The van der Waals surface area contributed by atoms with Crippen molar-refractivity contribution in [2.45, 2.75) is 90.4 Å². The van der Waals surface area contributed by atoms with Crippen LogP contribution >= 0.6 is 0 Å². The van der Waals surface area contributed by atoms with Crippen molar-refractivity contribution in [3.8, 4) is 0 Å². The molecule has 0 heterocycles. The largest absolute Gasteiger partial charge is 0.480 e. The molecule has 5 N–H and O–H groups in total. The highest BCUT2D eigenvalue weighted by Gasteiger charge is 2.51. The lowest BCUT2D eigenvalue weighted by Gasteiger charge is -2.43. The first-order valence-electron chi connectivity index (χ1n) is 16.6. The zero-order valence-corrected chi connectivity index (χ0v) is 29.9. The SMILES string of the molecule is CC(=O)N[C@@H](CCc1ccccc1)C(=O)N[C@@H](CC(C)C)C(=O)N[C@H](C(=O)O)[C@@H](C)CC(C)(C)[Si](O)(c1ccccc1)c1ccccc1. The molecule has 3 rings (SSSR count). The van der Waals surface area contributed by atoms with E-state index in [0.717, 1.165) is 15.9 Å². The standard InChI is InChI=1S/C38H51N3O6Si/c1-26(2)24-33(40-35(43)32(39-28(4)42)23-22-29-16-10-7-11-17-29)36(44)41-34(37(45)46)27(3)25-38(5,6)48(47,30-18-12-8-13-19-30)31-20-14-9-15-21-31/h7-21,26-27,32-34,47H,22-25H2,1-6H3,(H,39,42)(H,40,43)(H,41,44)(H,45,46)/t27-,32-,33-,34-/m0/s1. The number of aliphatic carboxylic acids is 1. The van der Waals surface area contributed by atoms with E-state index in [1.807, 2.05) is 119 Å². The van der Waals surface area contributed by atoms with Crippen LogP contribution in [-0.2, 0) is 25.6 Å². The highest BCUT2D eigenvalue weighted by atomic mass is 28.4. The van der Waals surface area contributed by atoms with E-state index in [4.69, 9.17) is 0 Å². The highest BCUT2D eigenvalue weighted by Crippen LogP contribution is 2.42. The Morgan fingerprint density at radius 3 is 1.67 bits per heavy atom. The summed E-state index contributed by atoms with van der Waals surface area (Å²) in [6, 6.07) is 25.4. The number of carboxylic acid groups (broad SMARTS) is 1. The van der Waals surface area contributed by atoms with Gasteiger partial charge >= 0.3 is 5.97 Å². The predicted octanol–water partition coefficient (Wildman–Crippen LogP) is 3.78. The third-order valence-corrected chi connectivity index (χ3v) is 13.4. The molecule has 0 spiro atoms. The predicted molar refractivity (Wildman–Crippen MR) is 191 cm³/mol. The molecule has 0 aliphatic heterocycles. The minimum absolute atomic E-state index is 0.00182. The molecule has 0 aliphatic carbocycles. The van der Waals surface area contributed by atoms with Gasteiger partial charge in [-0.15, -0.1) is 0 Å². The van der Waals surface area contributed by atoms with Crippen LogP contribution < -0.4 is 26.3 Å². The Morgan fingerprint density at radius 1 is 0.729 bits per heavy atom. The molecule has 3 amide bonds. The van der Waals surface area contributed by atoms with E-state index < -0.39 is 55.2 Å². The third kappa shape index (κ3) is 10.1. The molecule has 3 aromatic carbocycles. The van der Waals surface area contributed by atoms with Crippen molar-refractivity contribution in [2.75, 3.05) is 0 Å². The van der Waals surface area contributed by atoms with Crippen LogP contribution in [0, 0.1) is 11.8 Å². The number of carboxylic acids is 1. The number of hydrogen-bond acceptors (Lipinski definition) is 5. The molecular formula is C38H51N3O6Si. The fraction of sp³-hybridized carbons (Fsp3) is 0.421. The van der Waals surface area contributed by atoms with Gasteiger partial charge in [0.2, 0.25) is 17.7 Å². The maximum atomic E-state index is 13.7. The Morgan fingerprint density at radius 2 is 1.21 bits per heavy atom. The average molecular weight is 674 g/mol. The lowest BCUT2D eigenvalue weighted by Crippen LogP contribution is -2.66. The number of aryl methyl sites for hydroxylation is 1. The van der Waals surface area contributed by atoms with Crippen molar-refractivity contribution in [1.82, 2.24) is 16.0 Å². The number of amides is 3. The molecule has 0 unspecified atom stereocenters. The lowest BCUT2D eigenvalue weighted by molar-refractivity contribution is -0.144. The molecule has 258 valence electrons. The van der Waals surface area contributed by atoms with E-state index in [2.05, 4.69) is 16.0 Å². The number of carbonyl (C=O) groups is 4. The molecule has 9 nitrogen and oxygen atoms in total. The Labute approximate surface area is 285 Å². The van der Waals surface area contributed by atoms with E-state index >= 15 is 0 Å². The van der Waals surface area contributed by atoms with Gasteiger partial charge in [0.1, 0.15) is 18.1 Å². The van der Waals surface area contributed by atoms with E-state index in [-0.39, 0.29) is 18.2 Å². The molecule has 0 aromatic heterocycles. The molecule has 0 aliphatic rings. The van der Waals surface area contributed by atoms with Crippen molar-refractivity contribution in [2.24, 2.45) is 11.8 Å². The monoisotopic (exact) mass is 673 g/mol. The van der Waals surface area contributed by atoms with Crippen LogP contribution in [0.25, 0.3) is 0 Å². The topological polar surface area (TPSA) is 145 Å². The van der Waals surface area contributed by atoms with E-state index in [9.17, 15) is 29.1 Å². The molecule has 0 radical (unpaired) electrons. The fourth-order valence-corrected chi connectivity index (χ4v) is 10.4. The van der Waals surface area contributed by atoms with Crippen LogP contribution in [0.5, 0.6) is 0 Å². The van der Waals surface area contributed by atoms with Gasteiger partial charge in [0.05, 0.1) is 0 Å². The zero-order chi connectivity index (χ0) is 35.5. The molecule has 4 atom stereocenters. The first-order valence-corrected chi connectivity index (χ1v) is 18.6. The Balaban J connectivity index is 1.82. The maximum absolute atomic E-state index is 13.7. The van der Waals surface area contributed by atoms with Crippen molar-refractivity contribution in [3.05, 3.63) is 96.6 Å². The smallest absolute Gasteiger partial charge is 0.326 e. The molecule has 0 bridgehead atoms. The molecule has 0 saturated heterocycles. The Bertz CT molecular complexity index is 1460. The van der Waals surface area contributed by atoms with E-state index in [0.29, 0.717) is 19.3 Å². The summed E-state index contributed by atoms with van der Waals surface area (Å²) in [4.78, 5) is 64.4. The zero-order valence-electron chi connectivity index (χ0n) is 28.9. The second-order valence-corrected chi connectivity index (χ2v) is 17.7. The van der Waals surface area contributed by atoms with Gasteiger partial charge in [-0.2, -0.15) is 0 Å². The van der Waals surface area contributed by atoms with Crippen molar-refractivity contribution >= 4 is 42.4 Å². The fourth-order valence-electron chi connectivity index (χ4n) is 6.52. The first kappa shape index (κ1) is 38.2. The highest BCUT2D eigenvalue weighted by molar-refractivity contribution is 6.98. The van der Waals surface area contributed by atoms with E-state index in [1.54, 1.807) is 6.92 Å². The van der Waals surface area contributed by atoms with Gasteiger partial charge < -0.3 is 25.9 Å². The summed E-state index contributed by atoms with van der Waals surface area (Å²) >= 11 is 0. The maximum Gasteiger partial charge on any atom is 0.326 e. The summed E-state index contributed by atoms with van der Waals surface area (Å²) in [5, 5.41) is 19.4. The van der Waals surface area contributed by atoms with Crippen molar-refractivity contribution < 1.29 is 29.1 Å². The summed E-state index contributed by atoms with van der Waals surface area (Å²) in [7, 11) is -3.43. The van der Waals surface area contributed by atoms with Gasteiger partial charge in [0.25, 0.3) is 8.32 Å². The normalized spacial score (nSPS) is 14.3. The Kier molecular flexibility index (Phi) is 13.7. The number of hydrogen-bond donors (Lipinski definition) is 5. The van der Waals surface area contributed by atoms with Crippen LogP contribution in [0.2, 0.25) is 5.04 Å². The summed E-state index contributed by atoms with van der Waals surface area (Å²) in [5.41, 5.74) is 1.01. The second-order valence-electron chi connectivity index (χ2n) is 13.8. The summed E-state index contributed by atoms with van der Waals surface area (Å²) in [6.07, 6.45) is 1.42. The van der Waals surface area contributed by atoms with E-state index in [1.165, 1.54) is 6.92 Å². The summed E-state index contributed by atoms with van der Waals surface area (Å²) in [6.45, 7) is 10.8. The third-order valence-electron chi connectivity index (χ3n) is 8.93. The molecule has 0 fully saturated rings. The molecule has 48 heavy (non-hydrogen) atoms. The van der Waals surface area contributed by atoms with Crippen LogP contribution in [-0.4, -0.2) is 60.0 Å². The number of carbonyl (C=O) groups excluding carboxylic acids is 3. The summed E-state index contributed by atoms with van der Waals surface area (Å²) < 4.78 is 0. The van der Waals surface area contributed by atoms with Crippen LogP contribution in [0.1, 0.15) is 66.4 Å².